The smallest absolute Gasteiger partial charge is 0.248 e. The van der Waals surface area contributed by atoms with Gasteiger partial charge in [-0.25, -0.2) is 4.39 Å². The first-order valence-electron chi connectivity index (χ1n) is 8.78. The Balaban J connectivity index is 1.49. The van der Waals surface area contributed by atoms with E-state index in [9.17, 15) is 9.18 Å². The van der Waals surface area contributed by atoms with Gasteiger partial charge >= 0.3 is 0 Å². The van der Waals surface area contributed by atoms with Crippen molar-refractivity contribution in [2.45, 2.75) is 25.0 Å². The summed E-state index contributed by atoms with van der Waals surface area (Å²) in [5.41, 5.74) is 0. The number of amides is 1. The fourth-order valence-corrected chi connectivity index (χ4v) is 3.42. The number of hydrogen-bond donors (Lipinski definition) is 1. The quantitative estimate of drug-likeness (QED) is 0.824. The van der Waals surface area contributed by atoms with Crippen LogP contribution in [-0.4, -0.2) is 79.0 Å². The first-order valence-corrected chi connectivity index (χ1v) is 8.78. The van der Waals surface area contributed by atoms with Gasteiger partial charge in [-0.2, -0.15) is 0 Å². The Labute approximate surface area is 147 Å². The van der Waals surface area contributed by atoms with Crippen molar-refractivity contribution in [1.82, 2.24) is 9.80 Å². The van der Waals surface area contributed by atoms with Gasteiger partial charge in [-0.3, -0.25) is 4.79 Å². The standard InChI is InChI=1S/C18H25FN2O4/c19-14-1-3-16(4-2-14)24-12-17-11-21(18(23)13-25-17)15-5-7-20(8-6-15)9-10-22/h1-4,15,17,22H,5-13H2/t17-/m1/s1. The van der Waals surface area contributed by atoms with Crippen molar-refractivity contribution >= 4 is 5.91 Å². The van der Waals surface area contributed by atoms with E-state index < -0.39 is 0 Å². The average molecular weight is 352 g/mol. The molecule has 2 aliphatic rings. The van der Waals surface area contributed by atoms with Gasteiger partial charge in [-0.1, -0.05) is 0 Å². The molecule has 1 aromatic rings. The van der Waals surface area contributed by atoms with Crippen LogP contribution in [0, 0.1) is 5.82 Å². The summed E-state index contributed by atoms with van der Waals surface area (Å²) in [5.74, 6) is 0.315. The number of morpholine rings is 1. The van der Waals surface area contributed by atoms with E-state index in [1.54, 1.807) is 12.1 Å². The van der Waals surface area contributed by atoms with Gasteiger partial charge in [0.25, 0.3) is 0 Å². The minimum Gasteiger partial charge on any atom is -0.491 e. The van der Waals surface area contributed by atoms with Crippen LogP contribution in [0.4, 0.5) is 4.39 Å². The lowest BCUT2D eigenvalue weighted by atomic mass is 10.0. The van der Waals surface area contributed by atoms with Gasteiger partial charge in [0.2, 0.25) is 5.91 Å². The summed E-state index contributed by atoms with van der Waals surface area (Å²) < 4.78 is 24.2. The second-order valence-corrected chi connectivity index (χ2v) is 6.54. The predicted molar refractivity (Wildman–Crippen MR) is 89.9 cm³/mol. The molecule has 2 heterocycles. The number of carbonyl (C=O) groups is 1. The Kier molecular flexibility index (Phi) is 6.23. The van der Waals surface area contributed by atoms with E-state index in [1.807, 2.05) is 4.90 Å². The highest BCUT2D eigenvalue weighted by molar-refractivity contribution is 5.78. The van der Waals surface area contributed by atoms with Crippen LogP contribution in [0.5, 0.6) is 5.75 Å². The number of benzene rings is 1. The number of nitrogens with zero attached hydrogens (tertiary/aromatic N) is 2. The molecule has 1 aromatic carbocycles. The van der Waals surface area contributed by atoms with Crippen molar-refractivity contribution in [3.8, 4) is 5.75 Å². The van der Waals surface area contributed by atoms with Gasteiger partial charge in [-0.05, 0) is 37.1 Å². The van der Waals surface area contributed by atoms with Crippen molar-refractivity contribution < 1.29 is 23.8 Å². The molecule has 138 valence electrons. The fourth-order valence-electron chi connectivity index (χ4n) is 3.42. The number of β-amino-alcohol motifs (C(OH)–C–C–N with tert-alkyl or cyclic N) is 1. The number of halogens is 1. The molecule has 1 N–H and O–H groups in total. The molecule has 25 heavy (non-hydrogen) atoms. The lowest BCUT2D eigenvalue weighted by Gasteiger charge is -2.42. The third-order valence-electron chi connectivity index (χ3n) is 4.83. The maximum atomic E-state index is 12.9. The van der Waals surface area contributed by atoms with Crippen LogP contribution >= 0.6 is 0 Å². The minimum absolute atomic E-state index is 0.0265. The Morgan fingerprint density at radius 2 is 1.96 bits per heavy atom. The highest BCUT2D eigenvalue weighted by atomic mass is 19.1. The number of piperidine rings is 1. The Bertz CT molecular complexity index is 561. The van der Waals surface area contributed by atoms with Crippen molar-refractivity contribution in [2.75, 3.05) is 46.0 Å². The van der Waals surface area contributed by atoms with Crippen LogP contribution in [-0.2, 0) is 9.53 Å². The van der Waals surface area contributed by atoms with Gasteiger partial charge in [0.05, 0.1) is 13.2 Å². The van der Waals surface area contributed by atoms with E-state index in [4.69, 9.17) is 14.6 Å². The normalized spacial score (nSPS) is 23.0. The summed E-state index contributed by atoms with van der Waals surface area (Å²) >= 11 is 0. The van der Waals surface area contributed by atoms with E-state index in [2.05, 4.69) is 4.90 Å². The molecule has 1 amide bonds. The van der Waals surface area contributed by atoms with Crippen LogP contribution < -0.4 is 4.74 Å². The molecule has 0 aromatic heterocycles. The molecule has 1 atom stereocenters. The molecule has 2 aliphatic heterocycles. The van der Waals surface area contributed by atoms with E-state index in [-0.39, 0.29) is 37.1 Å². The average Bonchev–Trinajstić information content (AvgIpc) is 2.63. The summed E-state index contributed by atoms with van der Waals surface area (Å²) in [5, 5.41) is 9.02. The zero-order chi connectivity index (χ0) is 17.6. The molecule has 0 unspecified atom stereocenters. The number of hydrogen-bond acceptors (Lipinski definition) is 5. The second kappa shape index (κ2) is 8.60. The topological polar surface area (TPSA) is 62.2 Å². The zero-order valence-corrected chi connectivity index (χ0v) is 14.3. The SMILES string of the molecule is O=C1CO[C@@H](COc2ccc(F)cc2)CN1C1CCN(CCO)CC1. The second-order valence-electron chi connectivity index (χ2n) is 6.54. The number of aliphatic hydroxyl groups is 1. The van der Waals surface area contributed by atoms with Gasteiger partial charge in [0.1, 0.15) is 30.9 Å². The number of ether oxygens (including phenoxy) is 2. The maximum absolute atomic E-state index is 12.9. The molecule has 3 rings (SSSR count). The first-order chi connectivity index (χ1) is 12.2. The van der Waals surface area contributed by atoms with Crippen LogP contribution in [0.1, 0.15) is 12.8 Å². The van der Waals surface area contributed by atoms with E-state index in [1.165, 1.54) is 12.1 Å². The summed E-state index contributed by atoms with van der Waals surface area (Å²) in [6.45, 7) is 3.58. The van der Waals surface area contributed by atoms with Crippen molar-refractivity contribution in [1.29, 1.82) is 0 Å². The van der Waals surface area contributed by atoms with Gasteiger partial charge in [0, 0.05) is 25.7 Å². The van der Waals surface area contributed by atoms with Crippen LogP contribution in [0.2, 0.25) is 0 Å². The number of carbonyl (C=O) groups excluding carboxylic acids is 1. The highest BCUT2D eigenvalue weighted by Crippen LogP contribution is 2.21. The molecular weight excluding hydrogens is 327 g/mol. The molecular formula is C18H25FN2O4. The van der Waals surface area contributed by atoms with Crippen LogP contribution in [0.3, 0.4) is 0 Å². The molecule has 6 nitrogen and oxygen atoms in total. The van der Waals surface area contributed by atoms with Gasteiger partial charge in [-0.15, -0.1) is 0 Å². The van der Waals surface area contributed by atoms with Crippen molar-refractivity contribution in [3.63, 3.8) is 0 Å². The molecule has 0 saturated carbocycles. The van der Waals surface area contributed by atoms with E-state index >= 15 is 0 Å². The summed E-state index contributed by atoms with van der Waals surface area (Å²) in [7, 11) is 0. The lowest BCUT2D eigenvalue weighted by molar-refractivity contribution is -0.155. The summed E-state index contributed by atoms with van der Waals surface area (Å²) in [6, 6.07) is 6.09. The number of likely N-dealkylation sites (tertiary alicyclic amines) is 1. The largest absolute Gasteiger partial charge is 0.491 e. The molecule has 0 aliphatic carbocycles. The van der Waals surface area contributed by atoms with Crippen LogP contribution in [0.25, 0.3) is 0 Å². The molecule has 7 heteroatoms. The monoisotopic (exact) mass is 352 g/mol. The number of aliphatic hydroxyl groups excluding tert-OH is 1. The molecule has 0 spiro atoms. The third-order valence-corrected chi connectivity index (χ3v) is 4.83. The van der Waals surface area contributed by atoms with Crippen LogP contribution in [0.15, 0.2) is 24.3 Å². The molecule has 2 saturated heterocycles. The molecule has 0 bridgehead atoms. The summed E-state index contributed by atoms with van der Waals surface area (Å²) in [6.07, 6.45) is 1.65. The Morgan fingerprint density at radius 3 is 2.64 bits per heavy atom. The van der Waals surface area contributed by atoms with Crippen molar-refractivity contribution in [3.05, 3.63) is 30.1 Å². The molecule has 0 radical (unpaired) electrons. The molecule has 2 fully saturated rings. The highest BCUT2D eigenvalue weighted by Gasteiger charge is 2.33. The Hall–Kier alpha value is -1.70. The third kappa shape index (κ3) is 4.90. The maximum Gasteiger partial charge on any atom is 0.248 e. The number of rotatable bonds is 6. The lowest BCUT2D eigenvalue weighted by Crippen LogP contribution is -2.55. The Morgan fingerprint density at radius 1 is 1.24 bits per heavy atom. The zero-order valence-electron chi connectivity index (χ0n) is 14.3. The summed E-state index contributed by atoms with van der Waals surface area (Å²) in [4.78, 5) is 16.4. The van der Waals surface area contributed by atoms with Gasteiger partial charge < -0.3 is 24.4 Å². The predicted octanol–water partition coefficient (Wildman–Crippen LogP) is 0.889. The van der Waals surface area contributed by atoms with E-state index in [0.29, 0.717) is 25.4 Å². The van der Waals surface area contributed by atoms with Crippen molar-refractivity contribution in [2.24, 2.45) is 0 Å². The van der Waals surface area contributed by atoms with Gasteiger partial charge in [0.15, 0.2) is 0 Å². The minimum atomic E-state index is -0.300. The fraction of sp³-hybridized carbons (Fsp3) is 0.611. The van der Waals surface area contributed by atoms with E-state index in [0.717, 1.165) is 25.9 Å². The first kappa shape index (κ1) is 18.1.